The van der Waals surface area contributed by atoms with Crippen LogP contribution in [0.4, 0.5) is 14.5 Å². The van der Waals surface area contributed by atoms with Crippen molar-refractivity contribution in [1.82, 2.24) is 5.32 Å². The number of carbonyl (C=O) groups excluding carboxylic acids is 1. The molecule has 0 aromatic heterocycles. The van der Waals surface area contributed by atoms with Crippen molar-refractivity contribution in [2.24, 2.45) is 0 Å². The van der Waals surface area contributed by atoms with Crippen molar-refractivity contribution in [3.05, 3.63) is 89.0 Å². The first-order valence-electron chi connectivity index (χ1n) is 9.86. The van der Waals surface area contributed by atoms with E-state index >= 15 is 0 Å². The van der Waals surface area contributed by atoms with Crippen LogP contribution in [-0.4, -0.2) is 20.1 Å². The van der Waals surface area contributed by atoms with Gasteiger partial charge in [0.1, 0.15) is 11.6 Å². The molecular formula is C23H20F2N2O3S2. The first-order valence-corrected chi connectivity index (χ1v) is 12.3. The molecule has 0 saturated heterocycles. The number of sulfonamides is 1. The van der Waals surface area contributed by atoms with E-state index in [0.29, 0.717) is 17.5 Å². The Labute approximate surface area is 189 Å². The Morgan fingerprint density at radius 2 is 1.84 bits per heavy atom. The zero-order valence-electron chi connectivity index (χ0n) is 17.1. The van der Waals surface area contributed by atoms with Gasteiger partial charge < -0.3 is 5.32 Å². The molecule has 0 fully saturated rings. The number of hydrogen-bond acceptors (Lipinski definition) is 4. The third-order valence-electron chi connectivity index (χ3n) is 5.20. The standard InChI is InChI=1S/C23H20F2N2O3S2/c1-14-6-8-16(32(29,30)27-21-5-3-2-4-19(21)25)13-17(14)23(28)26-20-10-11-31-22-9-7-15(24)12-18(20)22/h2-9,12-13,20,27H,10-11H2,1H3,(H,26,28). The highest BCUT2D eigenvalue weighted by atomic mass is 32.2. The lowest BCUT2D eigenvalue weighted by molar-refractivity contribution is 0.0934. The number of amides is 1. The summed E-state index contributed by atoms with van der Waals surface area (Å²) in [7, 11) is -4.12. The Kier molecular flexibility index (Phi) is 6.21. The molecule has 1 aliphatic rings. The minimum absolute atomic E-state index is 0.165. The van der Waals surface area contributed by atoms with E-state index in [1.165, 1.54) is 48.5 Å². The summed E-state index contributed by atoms with van der Waals surface area (Å²) >= 11 is 1.60. The van der Waals surface area contributed by atoms with E-state index < -0.39 is 21.7 Å². The average Bonchev–Trinajstić information content (AvgIpc) is 2.76. The molecule has 1 amide bonds. The Bertz CT molecular complexity index is 1300. The number of rotatable bonds is 5. The number of anilines is 1. The highest BCUT2D eigenvalue weighted by Gasteiger charge is 2.25. The molecule has 1 atom stereocenters. The van der Waals surface area contributed by atoms with Crippen LogP contribution in [0.3, 0.4) is 0 Å². The van der Waals surface area contributed by atoms with Crippen molar-refractivity contribution < 1.29 is 22.0 Å². The molecule has 9 heteroatoms. The highest BCUT2D eigenvalue weighted by Crippen LogP contribution is 2.36. The van der Waals surface area contributed by atoms with E-state index in [-0.39, 0.29) is 28.0 Å². The molecule has 166 valence electrons. The fourth-order valence-electron chi connectivity index (χ4n) is 3.51. The maximum Gasteiger partial charge on any atom is 0.262 e. The van der Waals surface area contributed by atoms with Crippen molar-refractivity contribution in [1.29, 1.82) is 0 Å². The van der Waals surface area contributed by atoms with E-state index in [9.17, 15) is 22.0 Å². The predicted octanol–water partition coefficient (Wildman–Crippen LogP) is 5.04. The second-order valence-corrected chi connectivity index (χ2v) is 10.2. The van der Waals surface area contributed by atoms with Crippen LogP contribution in [0, 0.1) is 18.6 Å². The molecular weight excluding hydrogens is 454 g/mol. The molecule has 32 heavy (non-hydrogen) atoms. The van der Waals surface area contributed by atoms with Crippen LogP contribution in [0.1, 0.15) is 33.9 Å². The van der Waals surface area contributed by atoms with Crippen LogP contribution >= 0.6 is 11.8 Å². The van der Waals surface area contributed by atoms with Gasteiger partial charge in [0.2, 0.25) is 0 Å². The summed E-state index contributed by atoms with van der Waals surface area (Å²) in [5, 5.41) is 2.90. The predicted molar refractivity (Wildman–Crippen MR) is 120 cm³/mol. The van der Waals surface area contributed by atoms with Gasteiger partial charge >= 0.3 is 0 Å². The molecule has 0 radical (unpaired) electrons. The lowest BCUT2D eigenvalue weighted by Gasteiger charge is -2.26. The normalized spacial score (nSPS) is 15.7. The van der Waals surface area contributed by atoms with E-state index in [1.54, 1.807) is 24.8 Å². The lowest BCUT2D eigenvalue weighted by atomic mass is 10.0. The largest absolute Gasteiger partial charge is 0.345 e. The van der Waals surface area contributed by atoms with Gasteiger partial charge in [-0.2, -0.15) is 0 Å². The van der Waals surface area contributed by atoms with Crippen LogP contribution in [0.25, 0.3) is 0 Å². The molecule has 3 aromatic rings. The molecule has 1 unspecified atom stereocenters. The van der Waals surface area contributed by atoms with E-state index in [2.05, 4.69) is 10.0 Å². The van der Waals surface area contributed by atoms with Crippen LogP contribution < -0.4 is 10.0 Å². The summed E-state index contributed by atoms with van der Waals surface area (Å²) in [6.45, 7) is 1.69. The van der Waals surface area contributed by atoms with Gasteiger partial charge in [0.15, 0.2) is 0 Å². The van der Waals surface area contributed by atoms with Gasteiger partial charge in [-0.15, -0.1) is 11.8 Å². The van der Waals surface area contributed by atoms with Gasteiger partial charge in [0.25, 0.3) is 15.9 Å². The molecule has 3 aromatic carbocycles. The van der Waals surface area contributed by atoms with Crippen LogP contribution in [0.15, 0.2) is 70.5 Å². The number of para-hydroxylation sites is 1. The SMILES string of the molecule is Cc1ccc(S(=O)(=O)Nc2ccccc2F)cc1C(=O)NC1CCSc2ccc(F)cc21. The first kappa shape index (κ1) is 22.3. The summed E-state index contributed by atoms with van der Waals surface area (Å²) < 4.78 is 55.4. The number of halogens is 2. The number of nitrogens with one attached hydrogen (secondary N) is 2. The van der Waals surface area contributed by atoms with Crippen molar-refractivity contribution in [2.45, 2.75) is 29.2 Å². The van der Waals surface area contributed by atoms with Crippen molar-refractivity contribution >= 4 is 33.4 Å². The van der Waals surface area contributed by atoms with Crippen molar-refractivity contribution in [3.8, 4) is 0 Å². The third kappa shape index (κ3) is 4.63. The van der Waals surface area contributed by atoms with Gasteiger partial charge in [0, 0.05) is 16.2 Å². The number of benzene rings is 3. The molecule has 0 aliphatic carbocycles. The minimum Gasteiger partial charge on any atom is -0.345 e. The number of hydrogen-bond donors (Lipinski definition) is 2. The second-order valence-electron chi connectivity index (χ2n) is 7.41. The number of thioether (sulfide) groups is 1. The molecule has 0 spiro atoms. The molecule has 4 rings (SSSR count). The molecule has 0 bridgehead atoms. The highest BCUT2D eigenvalue weighted by molar-refractivity contribution is 7.99. The quantitative estimate of drug-likeness (QED) is 0.543. The summed E-state index contributed by atoms with van der Waals surface area (Å²) in [6, 6.07) is 13.7. The molecule has 1 aliphatic heterocycles. The molecule has 1 heterocycles. The van der Waals surface area contributed by atoms with E-state index in [4.69, 9.17) is 0 Å². The van der Waals surface area contributed by atoms with E-state index in [1.807, 2.05) is 0 Å². The topological polar surface area (TPSA) is 75.3 Å². The lowest BCUT2D eigenvalue weighted by Crippen LogP contribution is -2.31. The maximum atomic E-state index is 13.9. The van der Waals surface area contributed by atoms with Gasteiger partial charge in [-0.05, 0) is 66.9 Å². The summed E-state index contributed by atoms with van der Waals surface area (Å²) in [5.74, 6) is -0.780. The zero-order valence-corrected chi connectivity index (χ0v) is 18.7. The van der Waals surface area contributed by atoms with Crippen molar-refractivity contribution in [3.63, 3.8) is 0 Å². The van der Waals surface area contributed by atoms with Crippen LogP contribution in [-0.2, 0) is 10.0 Å². The number of aryl methyl sites for hydroxylation is 1. The van der Waals surface area contributed by atoms with Crippen molar-refractivity contribution in [2.75, 3.05) is 10.5 Å². The Balaban J connectivity index is 1.60. The smallest absolute Gasteiger partial charge is 0.262 e. The van der Waals surface area contributed by atoms with Crippen LogP contribution in [0.5, 0.6) is 0 Å². The maximum absolute atomic E-state index is 13.9. The average molecular weight is 475 g/mol. The third-order valence-corrected chi connectivity index (χ3v) is 7.68. The molecule has 0 saturated carbocycles. The first-order chi connectivity index (χ1) is 15.2. The van der Waals surface area contributed by atoms with Gasteiger partial charge in [-0.3, -0.25) is 9.52 Å². The van der Waals surface area contributed by atoms with Crippen LogP contribution in [0.2, 0.25) is 0 Å². The Morgan fingerprint density at radius 3 is 2.62 bits per heavy atom. The fourth-order valence-corrected chi connectivity index (χ4v) is 5.71. The van der Waals surface area contributed by atoms with Gasteiger partial charge in [-0.25, -0.2) is 17.2 Å². The van der Waals surface area contributed by atoms with Gasteiger partial charge in [-0.1, -0.05) is 18.2 Å². The second kappa shape index (κ2) is 8.91. The molecule has 5 nitrogen and oxygen atoms in total. The molecule has 2 N–H and O–H groups in total. The number of carbonyl (C=O) groups is 1. The fraction of sp³-hybridized carbons (Fsp3) is 0.174. The summed E-state index contributed by atoms with van der Waals surface area (Å²) in [6.07, 6.45) is 0.624. The monoisotopic (exact) mass is 474 g/mol. The van der Waals surface area contributed by atoms with Gasteiger partial charge in [0.05, 0.1) is 16.6 Å². The van der Waals surface area contributed by atoms with E-state index in [0.717, 1.165) is 16.7 Å². The summed E-state index contributed by atoms with van der Waals surface area (Å²) in [5.41, 5.74) is 1.28. The Hall–Kier alpha value is -2.91. The minimum atomic E-state index is -4.12. The zero-order chi connectivity index (χ0) is 22.9. The Morgan fingerprint density at radius 1 is 1.06 bits per heavy atom. The summed E-state index contributed by atoms with van der Waals surface area (Å²) in [4.78, 5) is 13.8. The number of fused-ring (bicyclic) bond motifs is 1.